The zero-order valence-electron chi connectivity index (χ0n) is 17.1. The van der Waals surface area contributed by atoms with Crippen LogP contribution in [0.25, 0.3) is 22.3 Å². The van der Waals surface area contributed by atoms with E-state index in [2.05, 4.69) is 5.16 Å². The minimum atomic E-state index is -0.409. The number of ether oxygens (including phenoxy) is 1. The van der Waals surface area contributed by atoms with E-state index in [1.165, 1.54) is 0 Å². The average molecular weight is 403 g/mol. The van der Waals surface area contributed by atoms with Crippen LogP contribution in [0.2, 0.25) is 0 Å². The van der Waals surface area contributed by atoms with Gasteiger partial charge in [0.15, 0.2) is 0 Å². The molecule has 7 nitrogen and oxygen atoms in total. The van der Waals surface area contributed by atoms with E-state index in [1.54, 1.807) is 10.8 Å². The molecule has 2 aromatic heterocycles. The third kappa shape index (κ3) is 2.98. The lowest BCUT2D eigenvalue weighted by Crippen LogP contribution is -2.30. The highest BCUT2D eigenvalue weighted by Gasteiger charge is 2.30. The maximum Gasteiger partial charge on any atom is 0.310 e. The Morgan fingerprint density at radius 1 is 1.20 bits per heavy atom. The van der Waals surface area contributed by atoms with Crippen LogP contribution in [0.3, 0.4) is 0 Å². The molecule has 4 heterocycles. The highest BCUT2D eigenvalue weighted by molar-refractivity contribution is 6.02. The summed E-state index contributed by atoms with van der Waals surface area (Å²) >= 11 is 0. The molecule has 0 spiro atoms. The highest BCUT2D eigenvalue weighted by atomic mass is 16.6. The Morgan fingerprint density at radius 3 is 2.80 bits per heavy atom. The monoisotopic (exact) mass is 403 g/mol. The number of fused-ring (bicyclic) bond motifs is 5. The number of aromatic nitrogens is 2. The quantitative estimate of drug-likeness (QED) is 0.292. The van der Waals surface area contributed by atoms with Gasteiger partial charge in [-0.25, -0.2) is 4.98 Å². The van der Waals surface area contributed by atoms with Gasteiger partial charge in [0.05, 0.1) is 41.6 Å². The molecule has 0 N–H and O–H groups in total. The van der Waals surface area contributed by atoms with Crippen molar-refractivity contribution in [1.29, 1.82) is 0 Å². The Labute approximate surface area is 172 Å². The van der Waals surface area contributed by atoms with Crippen molar-refractivity contribution in [2.45, 2.75) is 45.9 Å². The van der Waals surface area contributed by atoms with Crippen molar-refractivity contribution < 1.29 is 14.4 Å². The van der Waals surface area contributed by atoms with Crippen molar-refractivity contribution >= 4 is 23.1 Å². The molecule has 2 aliphatic heterocycles. The van der Waals surface area contributed by atoms with Crippen LogP contribution in [-0.2, 0) is 33.9 Å². The summed E-state index contributed by atoms with van der Waals surface area (Å²) in [6, 6.07) is 9.71. The van der Waals surface area contributed by atoms with Crippen LogP contribution in [0.5, 0.6) is 0 Å². The molecule has 5 rings (SSSR count). The Hall–Kier alpha value is -3.48. The fourth-order valence-electron chi connectivity index (χ4n) is 3.96. The summed E-state index contributed by atoms with van der Waals surface area (Å²) in [5.74, 6) is -0.316. The molecule has 0 saturated heterocycles. The number of benzene rings is 1. The smallest absolute Gasteiger partial charge is 0.310 e. The molecular formula is C23H21N3O4. The van der Waals surface area contributed by atoms with E-state index in [0.29, 0.717) is 12.1 Å². The Kier molecular flexibility index (Phi) is 4.03. The summed E-state index contributed by atoms with van der Waals surface area (Å²) in [7, 11) is 0. The first kappa shape index (κ1) is 18.5. The predicted octanol–water partition coefficient (Wildman–Crippen LogP) is 3.17. The molecule has 152 valence electrons. The summed E-state index contributed by atoms with van der Waals surface area (Å²) in [4.78, 5) is 35.3. The highest BCUT2D eigenvalue weighted by Crippen LogP contribution is 2.36. The SMILES string of the molecule is CC(C)(C)O/N=C/c1c2c(nc3ccccc13)-c1cc3c(c(=O)n1C2)COC(=O)C3. The lowest BCUT2D eigenvalue weighted by Gasteiger charge is -2.17. The minimum absolute atomic E-state index is 0.0206. The summed E-state index contributed by atoms with van der Waals surface area (Å²) < 4.78 is 6.79. The number of rotatable bonds is 2. The van der Waals surface area contributed by atoms with Gasteiger partial charge in [0.1, 0.15) is 12.2 Å². The molecule has 0 fully saturated rings. The lowest BCUT2D eigenvalue weighted by molar-refractivity contribution is -0.145. The van der Waals surface area contributed by atoms with Gasteiger partial charge in [-0.2, -0.15) is 0 Å². The fraction of sp³-hybridized carbons (Fsp3) is 0.304. The van der Waals surface area contributed by atoms with Crippen LogP contribution in [0.1, 0.15) is 43.0 Å². The second kappa shape index (κ2) is 6.52. The van der Waals surface area contributed by atoms with E-state index in [-0.39, 0.29) is 24.6 Å². The Bertz CT molecular complexity index is 1300. The van der Waals surface area contributed by atoms with Gasteiger partial charge < -0.3 is 14.1 Å². The molecule has 1 aromatic carbocycles. The summed E-state index contributed by atoms with van der Waals surface area (Å²) in [6.45, 7) is 6.21. The molecular weight excluding hydrogens is 382 g/mol. The fourth-order valence-corrected chi connectivity index (χ4v) is 3.96. The van der Waals surface area contributed by atoms with E-state index in [1.807, 2.05) is 51.1 Å². The van der Waals surface area contributed by atoms with Gasteiger partial charge >= 0.3 is 5.97 Å². The second-order valence-electron chi connectivity index (χ2n) is 8.57. The van der Waals surface area contributed by atoms with E-state index in [4.69, 9.17) is 14.6 Å². The number of oxime groups is 1. The number of hydrogen-bond donors (Lipinski definition) is 0. The molecule has 0 atom stereocenters. The molecule has 3 aromatic rings. The van der Waals surface area contributed by atoms with E-state index in [0.717, 1.165) is 39.0 Å². The van der Waals surface area contributed by atoms with E-state index >= 15 is 0 Å². The number of carbonyl (C=O) groups excluding carboxylic acids is 1. The van der Waals surface area contributed by atoms with Gasteiger partial charge in [-0.15, -0.1) is 0 Å². The number of cyclic esters (lactones) is 1. The van der Waals surface area contributed by atoms with Gasteiger partial charge in [-0.1, -0.05) is 23.4 Å². The second-order valence-corrected chi connectivity index (χ2v) is 8.57. The van der Waals surface area contributed by atoms with Crippen LogP contribution in [0.15, 0.2) is 40.3 Å². The van der Waals surface area contributed by atoms with Crippen molar-refractivity contribution in [1.82, 2.24) is 9.55 Å². The first-order valence-corrected chi connectivity index (χ1v) is 9.86. The van der Waals surface area contributed by atoms with Gasteiger partial charge in [-0.05, 0) is 38.5 Å². The van der Waals surface area contributed by atoms with Crippen molar-refractivity contribution in [3.05, 3.63) is 62.9 Å². The molecule has 30 heavy (non-hydrogen) atoms. The number of pyridine rings is 2. The molecule has 0 bridgehead atoms. The average Bonchev–Trinajstić information content (AvgIpc) is 3.05. The largest absolute Gasteiger partial charge is 0.460 e. The number of esters is 1. The van der Waals surface area contributed by atoms with Gasteiger partial charge in [-0.3, -0.25) is 9.59 Å². The van der Waals surface area contributed by atoms with Crippen LogP contribution < -0.4 is 5.56 Å². The normalized spacial score (nSPS) is 15.1. The van der Waals surface area contributed by atoms with Crippen LogP contribution in [0, 0.1) is 0 Å². The van der Waals surface area contributed by atoms with E-state index in [9.17, 15) is 9.59 Å². The first-order valence-electron chi connectivity index (χ1n) is 9.86. The van der Waals surface area contributed by atoms with Gasteiger partial charge in [0, 0.05) is 16.5 Å². The van der Waals surface area contributed by atoms with Crippen LogP contribution in [0.4, 0.5) is 0 Å². The standard InChI is InChI=1S/C23H21N3O4/c1-23(2,3)30-24-10-15-14-6-4-5-7-18(14)25-21-16(15)11-26-19(21)8-13-9-20(27)29-12-17(13)22(26)28/h4-8,10H,9,11-12H2,1-3H3/b24-10+. The number of hydrogen-bond acceptors (Lipinski definition) is 6. The van der Waals surface area contributed by atoms with Crippen LogP contribution in [-0.4, -0.2) is 27.3 Å². The number of nitrogens with zero attached hydrogens (tertiary/aromatic N) is 3. The molecule has 2 aliphatic rings. The van der Waals surface area contributed by atoms with E-state index < -0.39 is 5.60 Å². The van der Waals surface area contributed by atoms with Crippen molar-refractivity contribution in [3.63, 3.8) is 0 Å². The summed E-state index contributed by atoms with van der Waals surface area (Å²) in [5.41, 5.74) is 4.80. The molecule has 0 unspecified atom stereocenters. The third-order valence-electron chi connectivity index (χ3n) is 5.31. The Morgan fingerprint density at radius 2 is 2.00 bits per heavy atom. The van der Waals surface area contributed by atoms with Crippen molar-refractivity contribution in [3.8, 4) is 11.4 Å². The third-order valence-corrected chi connectivity index (χ3v) is 5.31. The number of para-hydroxylation sites is 1. The van der Waals surface area contributed by atoms with Crippen LogP contribution >= 0.6 is 0 Å². The Balaban J connectivity index is 1.72. The van der Waals surface area contributed by atoms with Crippen molar-refractivity contribution in [2.24, 2.45) is 5.16 Å². The first-order chi connectivity index (χ1) is 14.3. The minimum Gasteiger partial charge on any atom is -0.460 e. The molecule has 0 radical (unpaired) electrons. The zero-order valence-corrected chi connectivity index (χ0v) is 17.1. The predicted molar refractivity (Wildman–Crippen MR) is 112 cm³/mol. The maximum atomic E-state index is 13.1. The zero-order chi connectivity index (χ0) is 21.0. The van der Waals surface area contributed by atoms with Gasteiger partial charge in [0.25, 0.3) is 5.56 Å². The summed E-state index contributed by atoms with van der Waals surface area (Å²) in [5, 5.41) is 5.15. The summed E-state index contributed by atoms with van der Waals surface area (Å²) in [6.07, 6.45) is 1.81. The lowest BCUT2D eigenvalue weighted by atomic mass is 10.00. The molecule has 0 saturated carbocycles. The van der Waals surface area contributed by atoms with Crippen molar-refractivity contribution in [2.75, 3.05) is 0 Å². The maximum absolute atomic E-state index is 13.1. The molecule has 0 amide bonds. The topological polar surface area (TPSA) is 82.8 Å². The van der Waals surface area contributed by atoms with Gasteiger partial charge in [0.2, 0.25) is 0 Å². The number of carbonyl (C=O) groups is 1. The molecule has 0 aliphatic carbocycles. The molecule has 7 heteroatoms.